The molecule has 3 nitrogen and oxygen atoms in total. The third-order valence-corrected chi connectivity index (χ3v) is 2.35. The summed E-state index contributed by atoms with van der Waals surface area (Å²) in [6, 6.07) is 1.92. The van der Waals surface area contributed by atoms with Gasteiger partial charge in [-0.3, -0.25) is 4.79 Å². The highest BCUT2D eigenvalue weighted by molar-refractivity contribution is 5.95. The number of carbonyl (C=O) groups is 1. The van der Waals surface area contributed by atoms with E-state index in [1.165, 1.54) is 6.92 Å². The number of rotatable bonds is 3. The van der Waals surface area contributed by atoms with Gasteiger partial charge in [-0.1, -0.05) is 6.07 Å². The maximum absolute atomic E-state index is 13.5. The molecule has 8 heteroatoms. The van der Waals surface area contributed by atoms with Crippen molar-refractivity contribution in [2.24, 2.45) is 0 Å². The Bertz CT molecular complexity index is 487. The molecule has 19 heavy (non-hydrogen) atoms. The Balaban J connectivity index is 2.83. The normalized spacial score (nSPS) is 13.2. The molecule has 0 spiro atoms. The lowest BCUT2D eigenvalue weighted by molar-refractivity contribution is -0.201. The number of aliphatic hydroxyl groups is 1. The van der Waals surface area contributed by atoms with E-state index in [2.05, 4.69) is 0 Å². The quantitative estimate of drug-likeness (QED) is 0.833. The number of halogens is 5. The molecule has 1 unspecified atom stereocenters. The van der Waals surface area contributed by atoms with E-state index in [1.54, 1.807) is 5.32 Å². The van der Waals surface area contributed by atoms with Gasteiger partial charge in [0.1, 0.15) is 17.2 Å². The minimum Gasteiger partial charge on any atom is -0.382 e. The summed E-state index contributed by atoms with van der Waals surface area (Å²) in [6.45, 7) is 0.0886. The van der Waals surface area contributed by atoms with E-state index < -0.39 is 41.9 Å². The van der Waals surface area contributed by atoms with Crippen molar-refractivity contribution in [1.82, 2.24) is 5.32 Å². The van der Waals surface area contributed by atoms with Crippen molar-refractivity contribution in [2.75, 3.05) is 6.54 Å². The van der Waals surface area contributed by atoms with Crippen molar-refractivity contribution in [3.05, 3.63) is 34.9 Å². The van der Waals surface area contributed by atoms with Crippen molar-refractivity contribution in [3.8, 4) is 0 Å². The van der Waals surface area contributed by atoms with E-state index in [-0.39, 0.29) is 5.56 Å². The Morgan fingerprint density at radius 3 is 2.47 bits per heavy atom. The van der Waals surface area contributed by atoms with E-state index >= 15 is 0 Å². The van der Waals surface area contributed by atoms with Gasteiger partial charge >= 0.3 is 6.18 Å². The molecule has 1 atom stereocenters. The summed E-state index contributed by atoms with van der Waals surface area (Å²) in [5.74, 6) is -3.71. The van der Waals surface area contributed by atoms with Gasteiger partial charge in [0.25, 0.3) is 5.91 Å². The fourth-order valence-corrected chi connectivity index (χ4v) is 1.26. The second-order valence-corrected chi connectivity index (χ2v) is 3.82. The highest BCUT2D eigenvalue weighted by Gasteiger charge is 2.38. The Hall–Kier alpha value is -1.70. The van der Waals surface area contributed by atoms with Crippen LogP contribution in [0.3, 0.4) is 0 Å². The van der Waals surface area contributed by atoms with Gasteiger partial charge in [-0.2, -0.15) is 13.2 Å². The molecule has 0 aromatic heterocycles. The predicted octanol–water partition coefficient (Wildman–Crippen LogP) is 1.93. The standard InChI is InChI=1S/C11H10F5NO2/c1-5-2-3-6(12)8(9(5)13)10(19)17-4-7(18)11(14,15)16/h2-3,7,18H,4H2,1H3,(H,17,19). The first kappa shape index (κ1) is 15.4. The van der Waals surface area contributed by atoms with Gasteiger partial charge in [-0.25, -0.2) is 8.78 Å². The fourth-order valence-electron chi connectivity index (χ4n) is 1.26. The summed E-state index contributed by atoms with van der Waals surface area (Å²) < 4.78 is 62.7. The van der Waals surface area contributed by atoms with Crippen molar-refractivity contribution >= 4 is 5.91 Å². The summed E-state index contributed by atoms with van der Waals surface area (Å²) in [4.78, 5) is 11.4. The molecule has 2 N–H and O–H groups in total. The van der Waals surface area contributed by atoms with Crippen LogP contribution in [0.5, 0.6) is 0 Å². The summed E-state index contributed by atoms with van der Waals surface area (Å²) in [5, 5.41) is 10.3. The monoisotopic (exact) mass is 283 g/mol. The SMILES string of the molecule is Cc1ccc(F)c(C(=O)NCC(O)C(F)(F)F)c1F. The van der Waals surface area contributed by atoms with Crippen molar-refractivity contribution in [2.45, 2.75) is 19.2 Å². The third kappa shape index (κ3) is 3.63. The molecule has 0 radical (unpaired) electrons. The maximum Gasteiger partial charge on any atom is 0.416 e. The average molecular weight is 283 g/mol. The lowest BCUT2D eigenvalue weighted by Crippen LogP contribution is -2.41. The molecule has 1 aromatic carbocycles. The Morgan fingerprint density at radius 2 is 1.95 bits per heavy atom. The van der Waals surface area contributed by atoms with Gasteiger partial charge in [0.2, 0.25) is 0 Å². The number of benzene rings is 1. The number of aliphatic hydroxyl groups excluding tert-OH is 1. The molecule has 0 saturated carbocycles. The van der Waals surface area contributed by atoms with Crippen LogP contribution in [0.1, 0.15) is 15.9 Å². The first-order valence-corrected chi connectivity index (χ1v) is 5.12. The Labute approximate surface area is 105 Å². The summed E-state index contributed by atoms with van der Waals surface area (Å²) in [6.07, 6.45) is -7.72. The van der Waals surface area contributed by atoms with Gasteiger partial charge in [0, 0.05) is 0 Å². The van der Waals surface area contributed by atoms with Gasteiger partial charge in [-0.05, 0) is 18.6 Å². The van der Waals surface area contributed by atoms with E-state index in [0.717, 1.165) is 12.1 Å². The topological polar surface area (TPSA) is 49.3 Å². The molecule has 1 aromatic rings. The smallest absolute Gasteiger partial charge is 0.382 e. The van der Waals surface area contributed by atoms with Gasteiger partial charge < -0.3 is 10.4 Å². The molecule has 0 aliphatic heterocycles. The van der Waals surface area contributed by atoms with Crippen LogP contribution >= 0.6 is 0 Å². The van der Waals surface area contributed by atoms with Crippen LogP contribution in [0, 0.1) is 18.6 Å². The summed E-state index contributed by atoms with van der Waals surface area (Å²) in [5.41, 5.74) is -1.00. The van der Waals surface area contributed by atoms with Crippen LogP contribution in [0.2, 0.25) is 0 Å². The number of nitrogens with one attached hydrogen (secondary N) is 1. The Morgan fingerprint density at radius 1 is 1.37 bits per heavy atom. The van der Waals surface area contributed by atoms with Crippen LogP contribution in [0.4, 0.5) is 22.0 Å². The zero-order chi connectivity index (χ0) is 14.8. The molecule has 0 aliphatic carbocycles. The second-order valence-electron chi connectivity index (χ2n) is 3.82. The largest absolute Gasteiger partial charge is 0.416 e. The first-order chi connectivity index (χ1) is 8.64. The fraction of sp³-hybridized carbons (Fsp3) is 0.364. The third-order valence-electron chi connectivity index (χ3n) is 2.35. The number of aryl methyl sites for hydroxylation is 1. The predicted molar refractivity (Wildman–Crippen MR) is 55.5 cm³/mol. The molecule has 0 heterocycles. The highest BCUT2D eigenvalue weighted by atomic mass is 19.4. The molecule has 1 amide bonds. The van der Waals surface area contributed by atoms with Gasteiger partial charge in [0.05, 0.1) is 6.54 Å². The molecular weight excluding hydrogens is 273 g/mol. The molecule has 0 aliphatic rings. The first-order valence-electron chi connectivity index (χ1n) is 5.12. The molecule has 0 fully saturated rings. The summed E-state index contributed by atoms with van der Waals surface area (Å²) >= 11 is 0. The average Bonchev–Trinajstić information content (AvgIpc) is 2.30. The van der Waals surface area contributed by atoms with Crippen LogP contribution < -0.4 is 5.32 Å². The molecule has 106 valence electrons. The second kappa shape index (κ2) is 5.52. The van der Waals surface area contributed by atoms with Crippen LogP contribution in [-0.2, 0) is 0 Å². The van der Waals surface area contributed by atoms with E-state index in [1.807, 2.05) is 0 Å². The van der Waals surface area contributed by atoms with Gasteiger partial charge in [0.15, 0.2) is 6.10 Å². The van der Waals surface area contributed by atoms with Gasteiger partial charge in [-0.15, -0.1) is 0 Å². The molecule has 0 saturated heterocycles. The minimum atomic E-state index is -4.92. The zero-order valence-corrected chi connectivity index (χ0v) is 9.68. The molecule has 0 bridgehead atoms. The zero-order valence-electron chi connectivity index (χ0n) is 9.68. The summed E-state index contributed by atoms with van der Waals surface area (Å²) in [7, 11) is 0. The lowest BCUT2D eigenvalue weighted by atomic mass is 10.1. The maximum atomic E-state index is 13.5. The lowest BCUT2D eigenvalue weighted by Gasteiger charge is -2.15. The van der Waals surface area contributed by atoms with Crippen molar-refractivity contribution in [3.63, 3.8) is 0 Å². The number of hydrogen-bond acceptors (Lipinski definition) is 2. The number of amides is 1. The van der Waals surface area contributed by atoms with Crippen LogP contribution in [0.25, 0.3) is 0 Å². The number of carbonyl (C=O) groups excluding carboxylic acids is 1. The van der Waals surface area contributed by atoms with E-state index in [9.17, 15) is 26.7 Å². The van der Waals surface area contributed by atoms with E-state index in [0.29, 0.717) is 0 Å². The molecular formula is C11H10F5NO2. The minimum absolute atomic E-state index is 0.0251. The van der Waals surface area contributed by atoms with Crippen molar-refractivity contribution in [1.29, 1.82) is 0 Å². The number of hydrogen-bond donors (Lipinski definition) is 2. The van der Waals surface area contributed by atoms with Crippen molar-refractivity contribution < 1.29 is 31.9 Å². The van der Waals surface area contributed by atoms with Crippen LogP contribution in [-0.4, -0.2) is 29.8 Å². The van der Waals surface area contributed by atoms with Crippen LogP contribution in [0.15, 0.2) is 12.1 Å². The van der Waals surface area contributed by atoms with E-state index in [4.69, 9.17) is 5.11 Å². The number of alkyl halides is 3. The molecule has 1 rings (SSSR count). The highest BCUT2D eigenvalue weighted by Crippen LogP contribution is 2.20. The Kier molecular flexibility index (Phi) is 4.46.